The molecule has 0 bridgehead atoms. The summed E-state index contributed by atoms with van der Waals surface area (Å²) in [6, 6.07) is 16.6. The van der Waals surface area contributed by atoms with Crippen molar-refractivity contribution in [2.75, 3.05) is 0 Å². The van der Waals surface area contributed by atoms with E-state index in [0.717, 1.165) is 6.07 Å². The molecule has 15 heteroatoms. The van der Waals surface area contributed by atoms with Crippen molar-refractivity contribution in [2.45, 2.75) is 6.18 Å². The molecule has 0 amide bonds. The number of aromatic nitrogens is 6. The summed E-state index contributed by atoms with van der Waals surface area (Å²) >= 11 is 1.82. The fourth-order valence-corrected chi connectivity index (χ4v) is 3.20. The fourth-order valence-electron chi connectivity index (χ4n) is 3.20. The molecule has 0 spiro atoms. The number of hydrogen-bond acceptors (Lipinski definition) is 7. The minimum atomic E-state index is -4.51. The molecular formula is C26H16ClF3N6O4Ru. The first-order chi connectivity index (χ1) is 19.6. The number of carboxylic acids is 2. The molecule has 5 heterocycles. The average molecular weight is 670 g/mol. The molecule has 10 nitrogen and oxygen atoms in total. The van der Waals surface area contributed by atoms with Crippen molar-refractivity contribution in [1.29, 1.82) is 0 Å². The van der Waals surface area contributed by atoms with Crippen LogP contribution < -0.4 is 5.10 Å². The molecule has 0 radical (unpaired) electrons. The molecule has 0 aliphatic rings. The van der Waals surface area contributed by atoms with Crippen LogP contribution in [0.1, 0.15) is 26.4 Å². The molecule has 41 heavy (non-hydrogen) atoms. The van der Waals surface area contributed by atoms with Gasteiger partial charge in [-0.2, -0.15) is 13.2 Å². The van der Waals surface area contributed by atoms with E-state index < -0.39 is 23.8 Å². The molecule has 0 atom stereocenters. The van der Waals surface area contributed by atoms with Gasteiger partial charge in [0.2, 0.25) is 0 Å². The van der Waals surface area contributed by atoms with Crippen LogP contribution >= 0.6 is 9.69 Å². The van der Waals surface area contributed by atoms with E-state index in [2.05, 4.69) is 39.8 Å². The number of hydrogen-bond donors (Lipinski definition) is 2. The van der Waals surface area contributed by atoms with Gasteiger partial charge in [-0.05, 0) is 54.6 Å². The number of halogens is 4. The first-order valence-corrected chi connectivity index (χ1v) is 13.3. The SMILES string of the molecule is FC(F)(F)c1cc(-c2cccc(-c3ccccn3)n2)[n-]n1.O=C(O)c1ccnc(-c2cc(C(=O)O)ccn2)c1.[Cl][Ru+]. The van der Waals surface area contributed by atoms with Gasteiger partial charge in [-0.25, -0.2) is 14.6 Å². The zero-order valence-corrected chi connectivity index (χ0v) is 22.8. The molecule has 5 aromatic heterocycles. The Morgan fingerprint density at radius 3 is 1.73 bits per heavy atom. The summed E-state index contributed by atoms with van der Waals surface area (Å²) in [6.07, 6.45) is -0.209. The van der Waals surface area contributed by atoms with Gasteiger partial charge in [0.05, 0.1) is 39.6 Å². The normalized spacial score (nSPS) is 10.5. The van der Waals surface area contributed by atoms with Crippen LogP contribution in [0.5, 0.6) is 0 Å². The number of rotatable bonds is 5. The summed E-state index contributed by atoms with van der Waals surface area (Å²) in [5.74, 6) is -2.15. The van der Waals surface area contributed by atoms with Gasteiger partial charge in [0, 0.05) is 18.6 Å². The van der Waals surface area contributed by atoms with Crippen LogP contribution in [0.25, 0.3) is 34.2 Å². The Balaban J connectivity index is 0.000000215. The number of alkyl halides is 3. The van der Waals surface area contributed by atoms with Gasteiger partial charge >= 0.3 is 45.1 Å². The van der Waals surface area contributed by atoms with Gasteiger partial charge in [-0.1, -0.05) is 17.8 Å². The van der Waals surface area contributed by atoms with Gasteiger partial charge in [0.1, 0.15) is 5.69 Å². The molecule has 0 aromatic carbocycles. The standard InChI is InChI=1S/C14H8F3N4.C12H8N2O4.ClH.Ru/c15-14(16,17)13-8-12(20-21-13)11-6-3-5-10(19-11)9-4-1-2-7-18-9;15-11(16)7-1-3-13-9(5-7)10-6-8(12(17)18)2-4-14-10;;/h1-8H;1-6H,(H,15,16)(H,17,18);1H;/q-1;;;+2/p-1. The molecule has 210 valence electrons. The van der Waals surface area contributed by atoms with Gasteiger partial charge in [-0.3, -0.25) is 15.0 Å². The van der Waals surface area contributed by atoms with E-state index in [0.29, 0.717) is 28.5 Å². The van der Waals surface area contributed by atoms with Gasteiger partial charge in [0.25, 0.3) is 0 Å². The van der Waals surface area contributed by atoms with E-state index in [-0.39, 0.29) is 16.8 Å². The first kappa shape index (κ1) is 31.0. The van der Waals surface area contributed by atoms with E-state index in [1.165, 1.54) is 36.7 Å². The van der Waals surface area contributed by atoms with Crippen LogP contribution in [0.3, 0.4) is 0 Å². The zero-order valence-electron chi connectivity index (χ0n) is 20.3. The summed E-state index contributed by atoms with van der Waals surface area (Å²) in [7, 11) is 4.57. The van der Waals surface area contributed by atoms with Gasteiger partial charge in [0.15, 0.2) is 0 Å². The maximum absolute atomic E-state index is 12.5. The summed E-state index contributed by atoms with van der Waals surface area (Å²) in [5.41, 5.74) is 1.35. The van der Waals surface area contributed by atoms with Crippen LogP contribution in [0, 0.1) is 0 Å². The summed E-state index contributed by atoms with van der Waals surface area (Å²) in [5, 5.41) is 24.4. The fraction of sp³-hybridized carbons (Fsp3) is 0.0385. The third-order valence-electron chi connectivity index (χ3n) is 5.04. The van der Waals surface area contributed by atoms with Crippen molar-refractivity contribution in [3.8, 4) is 34.2 Å². The Labute approximate surface area is 244 Å². The Morgan fingerprint density at radius 2 is 1.24 bits per heavy atom. The molecule has 0 saturated heterocycles. The summed E-state index contributed by atoms with van der Waals surface area (Å²) < 4.78 is 37.6. The van der Waals surface area contributed by atoms with Crippen LogP contribution in [0.2, 0.25) is 0 Å². The van der Waals surface area contributed by atoms with Crippen molar-refractivity contribution in [1.82, 2.24) is 30.1 Å². The Hall–Kier alpha value is -4.55. The number of carboxylic acid groups (broad SMARTS) is 2. The van der Waals surface area contributed by atoms with Gasteiger partial charge in [-0.15, -0.1) is 0 Å². The van der Waals surface area contributed by atoms with E-state index >= 15 is 0 Å². The maximum atomic E-state index is 12.5. The van der Waals surface area contributed by atoms with Crippen LogP contribution in [0.15, 0.2) is 85.3 Å². The van der Waals surface area contributed by atoms with E-state index in [1.54, 1.807) is 42.6 Å². The summed E-state index contributed by atoms with van der Waals surface area (Å²) in [6.45, 7) is 0. The number of pyridine rings is 4. The average Bonchev–Trinajstić information content (AvgIpc) is 3.51. The van der Waals surface area contributed by atoms with E-state index in [1.807, 2.05) is 17.3 Å². The second kappa shape index (κ2) is 14.2. The third kappa shape index (κ3) is 8.47. The Kier molecular flexibility index (Phi) is 10.7. The number of carbonyl (C=O) groups is 2. The van der Waals surface area contributed by atoms with Crippen LogP contribution in [0.4, 0.5) is 13.2 Å². The Morgan fingerprint density at radius 1 is 0.707 bits per heavy atom. The molecule has 0 fully saturated rings. The zero-order chi connectivity index (χ0) is 30.0. The van der Waals surface area contributed by atoms with Crippen molar-refractivity contribution in [3.63, 3.8) is 0 Å². The van der Waals surface area contributed by atoms with Gasteiger partial charge < -0.3 is 20.4 Å². The van der Waals surface area contributed by atoms with Crippen molar-refractivity contribution in [2.24, 2.45) is 0 Å². The second-order valence-corrected chi connectivity index (χ2v) is 7.71. The van der Waals surface area contributed by atoms with Crippen LogP contribution in [-0.4, -0.2) is 47.2 Å². The molecule has 5 rings (SSSR count). The third-order valence-corrected chi connectivity index (χ3v) is 5.04. The molecular weight excluding hydrogens is 654 g/mol. The summed E-state index contributed by atoms with van der Waals surface area (Å²) in [4.78, 5) is 38.0. The quantitative estimate of drug-likeness (QED) is 0.232. The monoisotopic (exact) mass is 670 g/mol. The molecule has 0 saturated carbocycles. The minimum absolute atomic E-state index is 0.0718. The topological polar surface area (TPSA) is 153 Å². The van der Waals surface area contributed by atoms with Crippen molar-refractivity contribution < 1.29 is 50.3 Å². The second-order valence-electron chi connectivity index (χ2n) is 7.71. The van der Waals surface area contributed by atoms with Crippen molar-refractivity contribution >= 4 is 21.6 Å². The molecule has 2 N–H and O–H groups in total. The number of aromatic carboxylic acids is 2. The van der Waals surface area contributed by atoms with E-state index in [9.17, 15) is 22.8 Å². The molecule has 0 unspecified atom stereocenters. The predicted octanol–water partition coefficient (Wildman–Crippen LogP) is 5.41. The Bertz CT molecular complexity index is 1580. The first-order valence-electron chi connectivity index (χ1n) is 11.1. The predicted molar refractivity (Wildman–Crippen MR) is 136 cm³/mol. The number of nitrogens with zero attached hydrogens (tertiary/aromatic N) is 6. The molecule has 0 aliphatic heterocycles. The van der Waals surface area contributed by atoms with Crippen LogP contribution in [-0.2, 0) is 23.5 Å². The molecule has 0 aliphatic carbocycles. The van der Waals surface area contributed by atoms with E-state index in [4.69, 9.17) is 10.2 Å². The van der Waals surface area contributed by atoms with Crippen molar-refractivity contribution in [3.05, 3.63) is 102 Å². The molecule has 5 aromatic rings.